The number of fused-ring (bicyclic) bond motifs is 1. The minimum atomic E-state index is -3.58. The van der Waals surface area contributed by atoms with E-state index in [9.17, 15) is 12.8 Å². The summed E-state index contributed by atoms with van der Waals surface area (Å²) >= 11 is 0. The summed E-state index contributed by atoms with van der Waals surface area (Å²) in [4.78, 5) is 2.55. The average molecular weight is 481 g/mol. The van der Waals surface area contributed by atoms with Crippen LogP contribution in [0.1, 0.15) is 18.4 Å². The topological polar surface area (TPSA) is 76.3 Å². The molecule has 34 heavy (non-hydrogen) atoms. The van der Waals surface area contributed by atoms with Gasteiger partial charge in [0.2, 0.25) is 10.0 Å². The van der Waals surface area contributed by atoms with Crippen molar-refractivity contribution in [2.45, 2.75) is 30.2 Å². The third-order valence-corrected chi connectivity index (χ3v) is 8.94. The number of nitrogens with zero attached hydrogens (tertiary/aromatic N) is 6. The molecule has 0 atom stereocenters. The van der Waals surface area contributed by atoms with E-state index >= 15 is 0 Å². The van der Waals surface area contributed by atoms with Crippen molar-refractivity contribution in [3.8, 4) is 5.69 Å². The third-order valence-electron chi connectivity index (χ3n) is 6.98. The third kappa shape index (κ3) is 3.32. The summed E-state index contributed by atoms with van der Waals surface area (Å²) in [6, 6.07) is 10.5. The molecule has 8 nitrogen and oxygen atoms in total. The Morgan fingerprint density at radius 3 is 2.47 bits per heavy atom. The van der Waals surface area contributed by atoms with Gasteiger partial charge < -0.3 is 4.90 Å². The highest BCUT2D eigenvalue weighted by atomic mass is 32.2. The second-order valence-corrected chi connectivity index (χ2v) is 11.2. The van der Waals surface area contributed by atoms with Crippen molar-refractivity contribution in [1.82, 2.24) is 23.9 Å². The molecule has 1 aliphatic carbocycles. The van der Waals surface area contributed by atoms with Crippen LogP contribution in [0.4, 0.5) is 10.1 Å². The van der Waals surface area contributed by atoms with Crippen LogP contribution < -0.4 is 4.90 Å². The van der Waals surface area contributed by atoms with Crippen LogP contribution in [0.25, 0.3) is 16.6 Å². The molecule has 3 heterocycles. The van der Waals surface area contributed by atoms with Crippen molar-refractivity contribution in [2.24, 2.45) is 7.05 Å². The molecule has 2 aromatic heterocycles. The second kappa shape index (κ2) is 7.38. The number of sulfonamides is 1. The van der Waals surface area contributed by atoms with Crippen LogP contribution in [0.3, 0.4) is 0 Å². The first kappa shape index (κ1) is 21.3. The summed E-state index contributed by atoms with van der Waals surface area (Å²) in [6.45, 7) is 3.77. The van der Waals surface area contributed by atoms with Gasteiger partial charge in [0, 0.05) is 44.0 Å². The van der Waals surface area contributed by atoms with Crippen LogP contribution in [0.5, 0.6) is 0 Å². The zero-order chi connectivity index (χ0) is 23.7. The molecule has 0 amide bonds. The number of aryl methyl sites for hydroxylation is 2. The first-order chi connectivity index (χ1) is 16.3. The number of anilines is 1. The van der Waals surface area contributed by atoms with Crippen LogP contribution >= 0.6 is 0 Å². The molecular weight excluding hydrogens is 455 g/mol. The van der Waals surface area contributed by atoms with Gasteiger partial charge in [-0.3, -0.25) is 4.68 Å². The Kier molecular flexibility index (Phi) is 4.62. The van der Waals surface area contributed by atoms with Gasteiger partial charge in [-0.15, -0.1) is 0 Å². The quantitative estimate of drug-likeness (QED) is 0.448. The first-order valence-corrected chi connectivity index (χ1v) is 12.7. The molecule has 4 aromatic rings. The van der Waals surface area contributed by atoms with Gasteiger partial charge in [0.1, 0.15) is 10.7 Å². The molecule has 10 heteroatoms. The van der Waals surface area contributed by atoms with E-state index in [1.54, 1.807) is 29.7 Å². The smallest absolute Gasteiger partial charge is 0.246 e. The van der Waals surface area contributed by atoms with Crippen molar-refractivity contribution in [3.63, 3.8) is 0 Å². The first-order valence-electron chi connectivity index (χ1n) is 11.3. The standard InChI is InChI=1S/C24H25FN6O2S/c1-17-11-23-18(13-27-31(23)20-5-3-19(25)4-6-20)12-22(17)29-9-10-30(24(16-29)7-8-24)34(32,33)21-14-26-28(2)15-21/h3-6,11-15H,7-10,16H2,1-2H3. The molecule has 0 N–H and O–H groups in total. The van der Waals surface area contributed by atoms with Crippen LogP contribution in [-0.2, 0) is 17.1 Å². The molecule has 2 aromatic carbocycles. The summed E-state index contributed by atoms with van der Waals surface area (Å²) in [5.74, 6) is -0.280. The lowest BCUT2D eigenvalue weighted by atomic mass is 10.1. The lowest BCUT2D eigenvalue weighted by Crippen LogP contribution is -2.57. The van der Waals surface area contributed by atoms with E-state index in [-0.39, 0.29) is 16.3 Å². The lowest BCUT2D eigenvalue weighted by Gasteiger charge is -2.42. The van der Waals surface area contributed by atoms with Gasteiger partial charge in [0.15, 0.2) is 0 Å². The maximum absolute atomic E-state index is 13.4. The van der Waals surface area contributed by atoms with E-state index in [0.717, 1.165) is 40.7 Å². The summed E-state index contributed by atoms with van der Waals surface area (Å²) < 4.78 is 45.0. The lowest BCUT2D eigenvalue weighted by molar-refractivity contribution is 0.271. The summed E-state index contributed by atoms with van der Waals surface area (Å²) in [5, 5.41) is 9.56. The molecule has 0 bridgehead atoms. The Morgan fingerprint density at radius 1 is 1.03 bits per heavy atom. The highest BCUT2D eigenvalue weighted by Crippen LogP contribution is 2.48. The Balaban J connectivity index is 1.31. The minimum Gasteiger partial charge on any atom is -0.368 e. The molecule has 0 radical (unpaired) electrons. The van der Waals surface area contributed by atoms with E-state index in [2.05, 4.69) is 34.2 Å². The average Bonchev–Trinajstić information content (AvgIpc) is 3.22. The van der Waals surface area contributed by atoms with E-state index in [1.807, 2.05) is 10.9 Å². The Labute approximate surface area is 197 Å². The Morgan fingerprint density at radius 2 is 1.79 bits per heavy atom. The summed E-state index contributed by atoms with van der Waals surface area (Å²) in [6.07, 6.45) is 6.51. The summed E-state index contributed by atoms with van der Waals surface area (Å²) in [5.41, 5.74) is 3.57. The Hall–Kier alpha value is -3.24. The number of hydrogen-bond donors (Lipinski definition) is 0. The van der Waals surface area contributed by atoms with Gasteiger partial charge in [0.05, 0.1) is 29.1 Å². The highest BCUT2D eigenvalue weighted by Gasteiger charge is 2.56. The molecule has 2 aliphatic rings. The number of piperazine rings is 1. The maximum Gasteiger partial charge on any atom is 0.246 e. The van der Waals surface area contributed by atoms with Gasteiger partial charge >= 0.3 is 0 Å². The SMILES string of the molecule is Cc1cc2c(cnn2-c2ccc(F)cc2)cc1N1CCN(S(=O)(=O)c2cnn(C)c2)C2(CC2)C1. The van der Waals surface area contributed by atoms with Crippen LogP contribution in [0, 0.1) is 12.7 Å². The van der Waals surface area contributed by atoms with Crippen LogP contribution in [-0.4, -0.2) is 57.5 Å². The van der Waals surface area contributed by atoms with Crippen LogP contribution in [0.2, 0.25) is 0 Å². The van der Waals surface area contributed by atoms with E-state index in [1.165, 1.54) is 23.0 Å². The number of aromatic nitrogens is 4. The van der Waals surface area contributed by atoms with E-state index in [0.29, 0.717) is 19.6 Å². The van der Waals surface area contributed by atoms with Crippen molar-refractivity contribution in [3.05, 3.63) is 66.4 Å². The number of benzene rings is 2. The normalized spacial score (nSPS) is 18.1. The van der Waals surface area contributed by atoms with Crippen molar-refractivity contribution >= 4 is 26.6 Å². The van der Waals surface area contributed by atoms with E-state index in [4.69, 9.17) is 0 Å². The zero-order valence-corrected chi connectivity index (χ0v) is 19.8. The maximum atomic E-state index is 13.4. The number of halogens is 1. The monoisotopic (exact) mass is 480 g/mol. The number of hydrogen-bond acceptors (Lipinski definition) is 5. The van der Waals surface area contributed by atoms with Crippen molar-refractivity contribution in [2.75, 3.05) is 24.5 Å². The molecule has 1 spiro atoms. The zero-order valence-electron chi connectivity index (χ0n) is 19.0. The molecule has 6 rings (SSSR count). The van der Waals surface area contributed by atoms with Gasteiger partial charge in [-0.05, 0) is 61.7 Å². The fraction of sp³-hybridized carbons (Fsp3) is 0.333. The molecule has 1 saturated carbocycles. The van der Waals surface area contributed by atoms with Crippen molar-refractivity contribution in [1.29, 1.82) is 0 Å². The van der Waals surface area contributed by atoms with Gasteiger partial charge in [-0.1, -0.05) is 0 Å². The van der Waals surface area contributed by atoms with Gasteiger partial charge in [0.25, 0.3) is 0 Å². The van der Waals surface area contributed by atoms with Crippen LogP contribution in [0.15, 0.2) is 59.9 Å². The minimum absolute atomic E-state index is 0.250. The fourth-order valence-electron chi connectivity index (χ4n) is 5.05. The Bertz CT molecular complexity index is 1500. The second-order valence-electron chi connectivity index (χ2n) is 9.30. The number of rotatable bonds is 4. The largest absolute Gasteiger partial charge is 0.368 e. The van der Waals surface area contributed by atoms with E-state index < -0.39 is 10.0 Å². The molecular formula is C24H25FN6O2S. The molecule has 0 unspecified atom stereocenters. The molecule has 1 saturated heterocycles. The van der Waals surface area contributed by atoms with Crippen molar-refractivity contribution < 1.29 is 12.8 Å². The molecule has 1 aliphatic heterocycles. The predicted molar refractivity (Wildman–Crippen MR) is 127 cm³/mol. The highest BCUT2D eigenvalue weighted by molar-refractivity contribution is 7.89. The molecule has 176 valence electrons. The molecule has 2 fully saturated rings. The van der Waals surface area contributed by atoms with Gasteiger partial charge in [-0.2, -0.15) is 14.5 Å². The predicted octanol–water partition coefficient (Wildman–Crippen LogP) is 3.25. The fourth-order valence-corrected chi connectivity index (χ4v) is 6.84. The summed E-state index contributed by atoms with van der Waals surface area (Å²) in [7, 11) is -1.86. The van der Waals surface area contributed by atoms with Gasteiger partial charge in [-0.25, -0.2) is 17.5 Å².